The summed E-state index contributed by atoms with van der Waals surface area (Å²) in [6.45, 7) is 8.31. The molecule has 1 saturated heterocycles. The maximum Gasteiger partial charge on any atom is 0.367 e. The minimum atomic E-state index is -2.55. The van der Waals surface area contributed by atoms with Crippen molar-refractivity contribution >= 4 is 8.56 Å². The van der Waals surface area contributed by atoms with Gasteiger partial charge in [-0.15, -0.1) is 0 Å². The molecule has 1 aliphatic heterocycles. The molecule has 0 aliphatic carbocycles. The van der Waals surface area contributed by atoms with E-state index in [1.165, 1.54) is 0 Å². The normalized spacial score (nSPS) is 20.5. The fraction of sp³-hybridized carbons (Fsp3) is 1.00. The summed E-state index contributed by atoms with van der Waals surface area (Å²) >= 11 is 0. The van der Waals surface area contributed by atoms with Crippen molar-refractivity contribution in [2.24, 2.45) is 0 Å². The first-order valence-corrected chi connectivity index (χ1v) is 7.54. The van der Waals surface area contributed by atoms with E-state index in [0.29, 0.717) is 6.61 Å². The van der Waals surface area contributed by atoms with Crippen LogP contribution in [0.25, 0.3) is 0 Å². The summed E-state index contributed by atoms with van der Waals surface area (Å²) in [7, 11) is -2.55. The van der Waals surface area contributed by atoms with Crippen LogP contribution in [0.15, 0.2) is 0 Å². The lowest BCUT2D eigenvalue weighted by Crippen LogP contribution is -2.40. The Morgan fingerprint density at radius 2 is 2.00 bits per heavy atom. The molecule has 1 aliphatic rings. The molecule has 0 aromatic carbocycles. The number of nitrogens with zero attached hydrogens (tertiary/aromatic N) is 1. The van der Waals surface area contributed by atoms with Gasteiger partial charge in [-0.3, -0.25) is 9.70 Å². The molecular weight excluding hydrogens is 186 g/mol. The minimum absolute atomic E-state index is 0.572. The van der Waals surface area contributed by atoms with Gasteiger partial charge in [-0.05, 0) is 13.1 Å². The van der Waals surface area contributed by atoms with Crippen LogP contribution in [0, 0.1) is 0 Å². The number of ether oxygens (including phenoxy) is 1. The number of rotatable bonds is 4. The zero-order chi connectivity index (χ0) is 9.73. The molecule has 77 valence electrons. The first-order valence-electron chi connectivity index (χ1n) is 4.72. The molecule has 0 aromatic heterocycles. The van der Waals surface area contributed by atoms with E-state index in [2.05, 4.69) is 4.90 Å². The molecule has 13 heavy (non-hydrogen) atoms. The lowest BCUT2D eigenvalue weighted by Gasteiger charge is -2.27. The predicted molar refractivity (Wildman–Crippen MR) is 51.4 cm³/mol. The Morgan fingerprint density at radius 1 is 1.38 bits per heavy atom. The van der Waals surface area contributed by atoms with Crippen LogP contribution in [0.5, 0.6) is 0 Å². The Kier molecular flexibility index (Phi) is 4.34. The number of hydrogen-bond acceptors (Lipinski definition) is 3. The van der Waals surface area contributed by atoms with Crippen LogP contribution in [-0.4, -0.2) is 52.9 Å². The molecule has 4 nitrogen and oxygen atoms in total. The average molecular weight is 204 g/mol. The van der Waals surface area contributed by atoms with Gasteiger partial charge in [0.2, 0.25) is 0 Å². The summed E-state index contributed by atoms with van der Waals surface area (Å²) in [6.07, 6.45) is 0. The molecule has 0 bridgehead atoms. The maximum absolute atomic E-state index is 11.2. The Hall–Kier alpha value is 0.0569. The Bertz CT molecular complexity index is 143. The van der Waals surface area contributed by atoms with Crippen molar-refractivity contribution in [3.8, 4) is 0 Å². The van der Waals surface area contributed by atoms with Gasteiger partial charge in [0.15, 0.2) is 0 Å². The van der Waals surface area contributed by atoms with Gasteiger partial charge in [0.1, 0.15) is 0 Å². The third-order valence-electron chi connectivity index (χ3n) is 1.96. The van der Waals surface area contributed by atoms with Gasteiger partial charge in [-0.1, -0.05) is 0 Å². The second kappa shape index (κ2) is 5.07. The summed E-state index contributed by atoms with van der Waals surface area (Å²) in [5.41, 5.74) is 0. The van der Waals surface area contributed by atoms with Crippen LogP contribution in [0.4, 0.5) is 0 Å². The summed E-state index contributed by atoms with van der Waals surface area (Å²) in [6, 6.07) is 0. The first-order chi connectivity index (χ1) is 6.08. The van der Waals surface area contributed by atoms with E-state index in [-0.39, 0.29) is 0 Å². The molecule has 0 saturated carbocycles. The highest BCUT2D eigenvalue weighted by Gasteiger charge is 2.21. The molecule has 1 heterocycles. The molecule has 0 aromatic rings. The molecule has 1 fully saturated rings. The molecule has 0 N–H and O–H groups in total. The van der Waals surface area contributed by atoms with E-state index in [0.717, 1.165) is 32.8 Å². The van der Waals surface area contributed by atoms with Gasteiger partial charge in [0.25, 0.3) is 0 Å². The molecule has 5 heteroatoms. The van der Waals surface area contributed by atoms with Crippen molar-refractivity contribution in [1.29, 1.82) is 0 Å². The number of hydrogen-bond donors (Lipinski definition) is 0. The largest absolute Gasteiger partial charge is 0.392 e. The third-order valence-corrected chi connectivity index (χ3v) is 2.86. The summed E-state index contributed by atoms with van der Waals surface area (Å²) in [4.78, 5) is 13.5. The maximum atomic E-state index is 11.2. The van der Waals surface area contributed by atoms with Crippen molar-refractivity contribution in [1.82, 2.24) is 4.90 Å². The molecule has 0 amide bonds. The highest BCUT2D eigenvalue weighted by molar-refractivity contribution is 6.62. The van der Waals surface area contributed by atoms with E-state index in [1.807, 2.05) is 0 Å². The van der Waals surface area contributed by atoms with Gasteiger partial charge >= 0.3 is 8.56 Å². The molecule has 0 spiro atoms. The second-order valence-corrected chi connectivity index (χ2v) is 6.79. The van der Waals surface area contributed by atoms with Crippen molar-refractivity contribution in [3.05, 3.63) is 0 Å². The van der Waals surface area contributed by atoms with Crippen LogP contribution in [0.3, 0.4) is 0 Å². The predicted octanol–water partition coefficient (Wildman–Crippen LogP) is 0.468. The summed E-state index contributed by atoms with van der Waals surface area (Å²) in [5.74, 6) is 0. The second-order valence-electron chi connectivity index (χ2n) is 3.70. The molecule has 1 radical (unpaired) electrons. The minimum Gasteiger partial charge on any atom is -0.392 e. The fourth-order valence-corrected chi connectivity index (χ4v) is 1.83. The fourth-order valence-electron chi connectivity index (χ4n) is 1.25. The number of morpholine rings is 1. The highest BCUT2D eigenvalue weighted by Crippen LogP contribution is 2.01. The van der Waals surface area contributed by atoms with Gasteiger partial charge in [-0.2, -0.15) is 0 Å². The standard InChI is InChI=1S/C8H18NO3Si/c1-13(2,10)12-8-5-9-3-6-11-7-4-9/h3-8H2,1-2H3. The van der Waals surface area contributed by atoms with Crippen LogP contribution in [-0.2, 0) is 14.0 Å². The van der Waals surface area contributed by atoms with Crippen LogP contribution < -0.4 is 0 Å². The zero-order valence-corrected chi connectivity index (χ0v) is 9.41. The monoisotopic (exact) mass is 204 g/mol. The Balaban J connectivity index is 2.04. The van der Waals surface area contributed by atoms with Crippen molar-refractivity contribution < 1.29 is 14.0 Å². The van der Waals surface area contributed by atoms with E-state index in [9.17, 15) is 4.80 Å². The van der Waals surface area contributed by atoms with Gasteiger partial charge < -0.3 is 9.16 Å². The summed E-state index contributed by atoms with van der Waals surface area (Å²) < 4.78 is 10.4. The topological polar surface area (TPSA) is 41.6 Å². The van der Waals surface area contributed by atoms with E-state index in [4.69, 9.17) is 9.16 Å². The van der Waals surface area contributed by atoms with Gasteiger partial charge in [0, 0.05) is 26.2 Å². The Labute approximate surface area is 80.7 Å². The SMILES string of the molecule is C[Si](C)([O])OCCN1CCOCC1. The molecule has 0 unspecified atom stereocenters. The van der Waals surface area contributed by atoms with Crippen LogP contribution >= 0.6 is 0 Å². The first kappa shape index (κ1) is 11.1. The van der Waals surface area contributed by atoms with Gasteiger partial charge in [0.05, 0.1) is 13.2 Å². The lowest BCUT2D eigenvalue weighted by atomic mass is 10.4. The van der Waals surface area contributed by atoms with Crippen LogP contribution in [0.1, 0.15) is 0 Å². The van der Waals surface area contributed by atoms with Gasteiger partial charge in [-0.25, -0.2) is 0 Å². The molecule has 1 rings (SSSR count). The lowest BCUT2D eigenvalue weighted by molar-refractivity contribution is 0.0298. The zero-order valence-electron chi connectivity index (χ0n) is 8.41. The smallest absolute Gasteiger partial charge is 0.367 e. The Morgan fingerprint density at radius 3 is 2.54 bits per heavy atom. The van der Waals surface area contributed by atoms with Crippen molar-refractivity contribution in [2.45, 2.75) is 13.1 Å². The quantitative estimate of drug-likeness (QED) is 0.625. The highest BCUT2D eigenvalue weighted by atomic mass is 28.4. The van der Waals surface area contributed by atoms with Crippen molar-refractivity contribution in [2.75, 3.05) is 39.5 Å². The van der Waals surface area contributed by atoms with E-state index < -0.39 is 8.56 Å². The van der Waals surface area contributed by atoms with E-state index >= 15 is 0 Å². The summed E-state index contributed by atoms with van der Waals surface area (Å²) in [5, 5.41) is 0. The average Bonchev–Trinajstić information content (AvgIpc) is 2.04. The van der Waals surface area contributed by atoms with Crippen LogP contribution in [0.2, 0.25) is 13.1 Å². The third kappa shape index (κ3) is 5.38. The van der Waals surface area contributed by atoms with E-state index in [1.54, 1.807) is 13.1 Å². The molecule has 0 atom stereocenters. The molecular formula is C8H18NO3Si. The van der Waals surface area contributed by atoms with Crippen molar-refractivity contribution in [3.63, 3.8) is 0 Å².